The first-order valence-corrected chi connectivity index (χ1v) is 15.5. The molecule has 0 saturated heterocycles. The lowest BCUT2D eigenvalue weighted by Crippen LogP contribution is -2.34. The average Bonchev–Trinajstić information content (AvgIpc) is 3.29. The Morgan fingerprint density at radius 3 is 2.26 bits per heavy atom. The molecule has 0 fully saturated rings. The Kier molecular flexibility index (Phi) is 9.09. The molecule has 10 heteroatoms. The third-order valence-electron chi connectivity index (χ3n) is 6.86. The van der Waals surface area contributed by atoms with E-state index in [4.69, 9.17) is 0 Å². The zero-order chi connectivity index (χ0) is 28.2. The van der Waals surface area contributed by atoms with Crippen LogP contribution in [0.15, 0.2) is 59.5 Å². The highest BCUT2D eigenvalue weighted by Gasteiger charge is 2.30. The molecule has 0 atom stereocenters. The van der Waals surface area contributed by atoms with E-state index in [1.165, 1.54) is 47.0 Å². The number of fused-ring (bicyclic) bond motifs is 1. The molecular formula is C29H36N4O4S2. The van der Waals surface area contributed by atoms with E-state index in [1.807, 2.05) is 18.0 Å². The van der Waals surface area contributed by atoms with Gasteiger partial charge in [0.25, 0.3) is 21.8 Å². The van der Waals surface area contributed by atoms with Gasteiger partial charge in [0, 0.05) is 43.7 Å². The fraction of sp³-hybridized carbons (Fsp3) is 0.379. The number of nitrogens with one attached hydrogen (secondary N) is 1. The van der Waals surface area contributed by atoms with Crippen LogP contribution < -0.4 is 9.62 Å². The van der Waals surface area contributed by atoms with E-state index < -0.39 is 10.0 Å². The van der Waals surface area contributed by atoms with Gasteiger partial charge >= 0.3 is 0 Å². The summed E-state index contributed by atoms with van der Waals surface area (Å²) in [6.45, 7) is 7.03. The number of carbonyl (C=O) groups excluding carboxylic acids is 2. The molecule has 0 unspecified atom stereocenters. The predicted molar refractivity (Wildman–Crippen MR) is 157 cm³/mol. The van der Waals surface area contributed by atoms with Crippen molar-refractivity contribution in [1.82, 2.24) is 9.80 Å². The molecule has 2 amide bonds. The van der Waals surface area contributed by atoms with Crippen molar-refractivity contribution in [2.45, 2.75) is 44.6 Å². The van der Waals surface area contributed by atoms with Crippen LogP contribution in [0.25, 0.3) is 0 Å². The number of thiophene rings is 1. The van der Waals surface area contributed by atoms with Crippen LogP contribution in [0.3, 0.4) is 0 Å². The molecule has 3 aromatic rings. The van der Waals surface area contributed by atoms with Gasteiger partial charge in [-0.15, -0.1) is 11.3 Å². The fourth-order valence-electron chi connectivity index (χ4n) is 4.75. The zero-order valence-corrected chi connectivity index (χ0v) is 24.6. The molecule has 0 bridgehead atoms. The summed E-state index contributed by atoms with van der Waals surface area (Å²) in [6.07, 6.45) is 2.47. The summed E-state index contributed by atoms with van der Waals surface area (Å²) in [4.78, 5) is 32.3. The third kappa shape index (κ3) is 6.18. The second-order valence-electron chi connectivity index (χ2n) is 9.77. The summed E-state index contributed by atoms with van der Waals surface area (Å²) in [5, 5.41) is 3.54. The van der Waals surface area contributed by atoms with Crippen molar-refractivity contribution in [2.75, 3.05) is 43.4 Å². The summed E-state index contributed by atoms with van der Waals surface area (Å²) < 4.78 is 27.4. The van der Waals surface area contributed by atoms with Crippen molar-refractivity contribution >= 4 is 43.9 Å². The maximum atomic E-state index is 13.7. The number of nitrogens with zero attached hydrogens (tertiary/aromatic N) is 3. The topological polar surface area (TPSA) is 90.0 Å². The van der Waals surface area contributed by atoms with Gasteiger partial charge in [-0.25, -0.2) is 8.42 Å². The van der Waals surface area contributed by atoms with Gasteiger partial charge in [0.05, 0.1) is 16.1 Å². The second-order valence-corrected chi connectivity index (χ2v) is 12.8. The molecule has 2 heterocycles. The molecule has 39 heavy (non-hydrogen) atoms. The van der Waals surface area contributed by atoms with Gasteiger partial charge in [-0.05, 0) is 68.3 Å². The Bertz CT molecular complexity index is 1410. The molecule has 1 N–H and O–H groups in total. The molecule has 1 aromatic heterocycles. The number of sulfonamides is 1. The van der Waals surface area contributed by atoms with E-state index >= 15 is 0 Å². The molecule has 1 aliphatic heterocycles. The summed E-state index contributed by atoms with van der Waals surface area (Å²) in [5.41, 5.74) is 2.49. The van der Waals surface area contributed by atoms with Crippen molar-refractivity contribution in [3.8, 4) is 0 Å². The standard InChI is InChI=1S/C29H36N4O4S2/c1-5-17-33(18-6-2)29(35)26-24-16-19-31(3)20-25(24)38-28(26)30-27(34)21-12-14-23(15-13-21)39(36,37)32(4)22-10-8-7-9-11-22/h7-15H,5-6,16-20H2,1-4H3,(H,30,34). The summed E-state index contributed by atoms with van der Waals surface area (Å²) >= 11 is 1.46. The number of rotatable bonds is 10. The number of anilines is 2. The van der Waals surface area contributed by atoms with Crippen LogP contribution in [0, 0.1) is 0 Å². The Hall–Kier alpha value is -3.21. The summed E-state index contributed by atoms with van der Waals surface area (Å²) in [7, 11) is -0.241. The number of amides is 2. The highest BCUT2D eigenvalue weighted by Crippen LogP contribution is 2.38. The highest BCUT2D eigenvalue weighted by molar-refractivity contribution is 7.92. The average molecular weight is 569 g/mol. The van der Waals surface area contributed by atoms with Gasteiger partial charge in [0.1, 0.15) is 5.00 Å². The zero-order valence-electron chi connectivity index (χ0n) is 22.9. The Morgan fingerprint density at radius 2 is 1.64 bits per heavy atom. The number of hydrogen-bond donors (Lipinski definition) is 1. The molecule has 208 valence electrons. The van der Waals surface area contributed by atoms with Crippen molar-refractivity contribution in [3.05, 3.63) is 76.2 Å². The van der Waals surface area contributed by atoms with Crippen LogP contribution in [0.1, 0.15) is 57.8 Å². The maximum absolute atomic E-state index is 13.7. The number of para-hydroxylation sites is 1. The summed E-state index contributed by atoms with van der Waals surface area (Å²) in [5.74, 6) is -0.421. The minimum Gasteiger partial charge on any atom is -0.339 e. The van der Waals surface area contributed by atoms with E-state index in [-0.39, 0.29) is 16.7 Å². The first-order valence-electron chi connectivity index (χ1n) is 13.2. The largest absolute Gasteiger partial charge is 0.339 e. The van der Waals surface area contributed by atoms with E-state index in [9.17, 15) is 18.0 Å². The van der Waals surface area contributed by atoms with Gasteiger partial charge in [0.15, 0.2) is 0 Å². The maximum Gasteiger partial charge on any atom is 0.264 e. The van der Waals surface area contributed by atoms with Gasteiger partial charge in [-0.3, -0.25) is 13.9 Å². The number of benzene rings is 2. The molecule has 1 aliphatic rings. The molecular weight excluding hydrogens is 532 g/mol. The molecule has 0 saturated carbocycles. The van der Waals surface area contributed by atoms with Crippen LogP contribution in [-0.4, -0.2) is 63.8 Å². The van der Waals surface area contributed by atoms with Crippen LogP contribution in [0.2, 0.25) is 0 Å². The molecule has 0 aliphatic carbocycles. The highest BCUT2D eigenvalue weighted by atomic mass is 32.2. The lowest BCUT2D eigenvalue weighted by atomic mass is 10.0. The Balaban J connectivity index is 1.60. The van der Waals surface area contributed by atoms with Crippen LogP contribution >= 0.6 is 11.3 Å². The number of carbonyl (C=O) groups is 2. The monoisotopic (exact) mass is 568 g/mol. The van der Waals surface area contributed by atoms with Crippen LogP contribution in [-0.2, 0) is 23.0 Å². The van der Waals surface area contributed by atoms with Crippen molar-refractivity contribution in [3.63, 3.8) is 0 Å². The quantitative estimate of drug-likeness (QED) is 0.369. The first kappa shape index (κ1) is 28.8. The summed E-state index contributed by atoms with van der Waals surface area (Å²) in [6, 6.07) is 14.7. The van der Waals surface area contributed by atoms with E-state index in [0.717, 1.165) is 42.8 Å². The van der Waals surface area contributed by atoms with Crippen molar-refractivity contribution in [1.29, 1.82) is 0 Å². The predicted octanol–water partition coefficient (Wildman–Crippen LogP) is 5.08. The van der Waals surface area contributed by atoms with E-state index in [0.29, 0.717) is 34.9 Å². The molecule has 8 nitrogen and oxygen atoms in total. The number of likely N-dealkylation sites (N-methyl/N-ethyl adjacent to an activating group) is 1. The minimum absolute atomic E-state index is 0.0403. The van der Waals surface area contributed by atoms with E-state index in [2.05, 4.69) is 24.1 Å². The lowest BCUT2D eigenvalue weighted by Gasteiger charge is -2.25. The van der Waals surface area contributed by atoms with Crippen LogP contribution in [0.4, 0.5) is 10.7 Å². The van der Waals surface area contributed by atoms with Gasteiger partial charge in [-0.2, -0.15) is 0 Å². The SMILES string of the molecule is CCCN(CCC)C(=O)c1c(NC(=O)c2ccc(S(=O)(=O)N(C)c3ccccc3)cc2)sc2c1CCN(C)C2. The van der Waals surface area contributed by atoms with Gasteiger partial charge < -0.3 is 15.1 Å². The third-order valence-corrected chi connectivity index (χ3v) is 9.79. The van der Waals surface area contributed by atoms with Crippen molar-refractivity contribution < 1.29 is 18.0 Å². The molecule has 0 radical (unpaired) electrons. The van der Waals surface area contributed by atoms with Gasteiger partial charge in [0.2, 0.25) is 0 Å². The normalized spacial score (nSPS) is 13.5. The Labute approximate surface area is 235 Å². The fourth-order valence-corrected chi connectivity index (χ4v) is 7.26. The minimum atomic E-state index is -3.79. The van der Waals surface area contributed by atoms with Crippen LogP contribution in [0.5, 0.6) is 0 Å². The van der Waals surface area contributed by atoms with Gasteiger partial charge in [-0.1, -0.05) is 32.0 Å². The van der Waals surface area contributed by atoms with E-state index in [1.54, 1.807) is 24.3 Å². The smallest absolute Gasteiger partial charge is 0.264 e. The second kappa shape index (κ2) is 12.3. The lowest BCUT2D eigenvalue weighted by molar-refractivity contribution is 0.0755. The first-order chi connectivity index (χ1) is 18.7. The molecule has 4 rings (SSSR count). The number of hydrogen-bond acceptors (Lipinski definition) is 6. The van der Waals surface area contributed by atoms with Crippen molar-refractivity contribution in [2.24, 2.45) is 0 Å². The Morgan fingerprint density at radius 1 is 1.00 bits per heavy atom. The molecule has 2 aromatic carbocycles. The molecule has 0 spiro atoms.